The summed E-state index contributed by atoms with van der Waals surface area (Å²) in [6, 6.07) is 17.2. The Kier molecular flexibility index (Phi) is 4.00. The van der Waals surface area contributed by atoms with Crippen molar-refractivity contribution in [1.29, 1.82) is 0 Å². The van der Waals surface area contributed by atoms with E-state index in [0.29, 0.717) is 12.1 Å². The molecule has 0 saturated carbocycles. The Morgan fingerprint density at radius 1 is 1.08 bits per heavy atom. The van der Waals surface area contributed by atoms with Crippen molar-refractivity contribution in [2.45, 2.75) is 12.6 Å². The summed E-state index contributed by atoms with van der Waals surface area (Å²) in [6.07, 6.45) is 5.12. The monoisotopic (exact) mass is 331 g/mol. The van der Waals surface area contributed by atoms with Crippen molar-refractivity contribution in [2.75, 3.05) is 0 Å². The summed E-state index contributed by atoms with van der Waals surface area (Å²) in [5, 5.41) is 12.4. The average molecular weight is 331 g/mol. The molecule has 0 bridgehead atoms. The largest absolute Gasteiger partial charge is 0.361 e. The smallest absolute Gasteiger partial charge is 0.251 e. The van der Waals surface area contributed by atoms with E-state index in [1.165, 1.54) is 0 Å². The van der Waals surface area contributed by atoms with Gasteiger partial charge in [-0.1, -0.05) is 30.3 Å². The standard InChI is InChI=1S/C19H17N5O/c25-19(16-6-7-17-15(12-16)8-9-20-17)23-18(13-24-21-10-11-22-24)14-4-2-1-3-5-14/h1-12,18,20H,13H2,(H,23,25). The van der Waals surface area contributed by atoms with Crippen LogP contribution in [0.25, 0.3) is 10.9 Å². The van der Waals surface area contributed by atoms with Gasteiger partial charge in [-0.2, -0.15) is 15.0 Å². The molecule has 2 aromatic heterocycles. The van der Waals surface area contributed by atoms with Gasteiger partial charge < -0.3 is 10.3 Å². The van der Waals surface area contributed by atoms with Gasteiger partial charge in [0.15, 0.2) is 0 Å². The van der Waals surface area contributed by atoms with Crippen LogP contribution < -0.4 is 5.32 Å². The quantitative estimate of drug-likeness (QED) is 0.590. The summed E-state index contributed by atoms with van der Waals surface area (Å²) >= 11 is 0. The number of carbonyl (C=O) groups is 1. The highest BCUT2D eigenvalue weighted by Crippen LogP contribution is 2.18. The molecule has 0 aliphatic carbocycles. The molecule has 2 aromatic carbocycles. The van der Waals surface area contributed by atoms with Gasteiger partial charge in [0.25, 0.3) is 5.91 Å². The number of nitrogens with zero attached hydrogens (tertiary/aromatic N) is 3. The summed E-state index contributed by atoms with van der Waals surface area (Å²) in [5.74, 6) is -0.121. The molecule has 0 fully saturated rings. The van der Waals surface area contributed by atoms with Crippen LogP contribution in [0.4, 0.5) is 0 Å². The number of hydrogen-bond acceptors (Lipinski definition) is 3. The van der Waals surface area contributed by atoms with Crippen molar-refractivity contribution in [3.05, 3.63) is 84.3 Å². The normalized spacial score (nSPS) is 12.2. The lowest BCUT2D eigenvalue weighted by molar-refractivity contribution is 0.0931. The Labute approximate surface area is 144 Å². The Morgan fingerprint density at radius 3 is 2.68 bits per heavy atom. The van der Waals surface area contributed by atoms with Gasteiger partial charge in [0, 0.05) is 22.7 Å². The van der Waals surface area contributed by atoms with Gasteiger partial charge in [0.05, 0.1) is 25.0 Å². The maximum absolute atomic E-state index is 12.8. The van der Waals surface area contributed by atoms with E-state index in [1.54, 1.807) is 17.2 Å². The zero-order valence-corrected chi connectivity index (χ0v) is 13.5. The number of aromatic amines is 1. The summed E-state index contributed by atoms with van der Waals surface area (Å²) in [5.41, 5.74) is 2.65. The first-order valence-electron chi connectivity index (χ1n) is 8.07. The summed E-state index contributed by atoms with van der Waals surface area (Å²) < 4.78 is 0. The predicted molar refractivity (Wildman–Crippen MR) is 95.0 cm³/mol. The van der Waals surface area contributed by atoms with Crippen LogP contribution in [0.5, 0.6) is 0 Å². The van der Waals surface area contributed by atoms with E-state index < -0.39 is 0 Å². The Morgan fingerprint density at radius 2 is 1.88 bits per heavy atom. The van der Waals surface area contributed by atoms with Crippen molar-refractivity contribution in [3.8, 4) is 0 Å². The number of fused-ring (bicyclic) bond motifs is 1. The summed E-state index contributed by atoms with van der Waals surface area (Å²) in [7, 11) is 0. The Hall–Kier alpha value is -3.41. The number of aromatic nitrogens is 4. The molecule has 25 heavy (non-hydrogen) atoms. The van der Waals surface area contributed by atoms with Gasteiger partial charge in [-0.15, -0.1) is 0 Å². The van der Waals surface area contributed by atoms with Crippen molar-refractivity contribution >= 4 is 16.8 Å². The topological polar surface area (TPSA) is 75.6 Å². The molecule has 0 aliphatic heterocycles. The van der Waals surface area contributed by atoms with E-state index in [9.17, 15) is 4.79 Å². The molecular formula is C19H17N5O. The van der Waals surface area contributed by atoms with Gasteiger partial charge in [-0.25, -0.2) is 0 Å². The first kappa shape index (κ1) is 15.1. The molecule has 6 nitrogen and oxygen atoms in total. The first-order valence-corrected chi connectivity index (χ1v) is 8.07. The van der Waals surface area contributed by atoms with Crippen LogP contribution in [0.15, 0.2) is 73.2 Å². The third-order valence-electron chi connectivity index (χ3n) is 4.14. The van der Waals surface area contributed by atoms with Crippen LogP contribution in [0.3, 0.4) is 0 Å². The molecule has 0 aliphatic rings. The minimum atomic E-state index is -0.219. The van der Waals surface area contributed by atoms with Gasteiger partial charge in [0.2, 0.25) is 0 Å². The average Bonchev–Trinajstić information content (AvgIpc) is 3.32. The van der Waals surface area contributed by atoms with E-state index in [0.717, 1.165) is 16.5 Å². The molecule has 1 amide bonds. The molecule has 4 aromatic rings. The van der Waals surface area contributed by atoms with E-state index in [-0.39, 0.29) is 11.9 Å². The van der Waals surface area contributed by atoms with E-state index in [2.05, 4.69) is 20.5 Å². The number of rotatable bonds is 5. The molecule has 1 unspecified atom stereocenters. The van der Waals surface area contributed by atoms with E-state index in [4.69, 9.17) is 0 Å². The molecule has 2 N–H and O–H groups in total. The number of nitrogens with one attached hydrogen (secondary N) is 2. The third kappa shape index (κ3) is 3.28. The van der Waals surface area contributed by atoms with Crippen LogP contribution >= 0.6 is 0 Å². The molecule has 0 saturated heterocycles. The molecule has 6 heteroatoms. The number of carbonyl (C=O) groups excluding carboxylic acids is 1. The predicted octanol–water partition coefficient (Wildman–Crippen LogP) is 2.93. The minimum Gasteiger partial charge on any atom is -0.361 e. The second-order valence-electron chi connectivity index (χ2n) is 5.80. The highest BCUT2D eigenvalue weighted by atomic mass is 16.1. The van der Waals surface area contributed by atoms with Crippen molar-refractivity contribution in [3.63, 3.8) is 0 Å². The third-order valence-corrected chi connectivity index (χ3v) is 4.14. The van der Waals surface area contributed by atoms with Gasteiger partial charge in [-0.05, 0) is 29.8 Å². The fourth-order valence-corrected chi connectivity index (χ4v) is 2.86. The lowest BCUT2D eigenvalue weighted by Gasteiger charge is -2.19. The van der Waals surface area contributed by atoms with Crippen LogP contribution in [0, 0.1) is 0 Å². The lowest BCUT2D eigenvalue weighted by atomic mass is 10.1. The minimum absolute atomic E-state index is 0.121. The molecule has 2 heterocycles. The van der Waals surface area contributed by atoms with Gasteiger partial charge in [0.1, 0.15) is 0 Å². The zero-order chi connectivity index (χ0) is 17.1. The number of benzene rings is 2. The Bertz CT molecular complexity index is 975. The molecule has 1 atom stereocenters. The second-order valence-corrected chi connectivity index (χ2v) is 5.80. The van der Waals surface area contributed by atoms with E-state index >= 15 is 0 Å². The van der Waals surface area contributed by atoms with Crippen molar-refractivity contribution in [2.24, 2.45) is 0 Å². The highest BCUT2D eigenvalue weighted by Gasteiger charge is 2.17. The highest BCUT2D eigenvalue weighted by molar-refractivity contribution is 5.98. The molecule has 0 radical (unpaired) electrons. The van der Waals surface area contributed by atoms with E-state index in [1.807, 2.05) is 60.8 Å². The fraction of sp³-hybridized carbons (Fsp3) is 0.105. The van der Waals surface area contributed by atoms with Crippen LogP contribution in [0.2, 0.25) is 0 Å². The summed E-state index contributed by atoms with van der Waals surface area (Å²) in [6.45, 7) is 0.467. The summed E-state index contributed by atoms with van der Waals surface area (Å²) in [4.78, 5) is 17.5. The molecular weight excluding hydrogens is 314 g/mol. The second kappa shape index (κ2) is 6.60. The Balaban J connectivity index is 1.59. The van der Waals surface area contributed by atoms with Gasteiger partial charge in [-0.3, -0.25) is 4.79 Å². The number of H-pyrrole nitrogens is 1. The lowest BCUT2D eigenvalue weighted by Crippen LogP contribution is -2.32. The SMILES string of the molecule is O=C(NC(Cn1nccn1)c1ccccc1)c1ccc2[nH]ccc2c1. The molecule has 124 valence electrons. The van der Waals surface area contributed by atoms with Crippen molar-refractivity contribution < 1.29 is 4.79 Å². The maximum Gasteiger partial charge on any atom is 0.251 e. The van der Waals surface area contributed by atoms with Crippen molar-refractivity contribution in [1.82, 2.24) is 25.3 Å². The van der Waals surface area contributed by atoms with Gasteiger partial charge >= 0.3 is 0 Å². The number of amides is 1. The maximum atomic E-state index is 12.8. The molecule has 4 rings (SSSR count). The zero-order valence-electron chi connectivity index (χ0n) is 13.5. The molecule has 0 spiro atoms. The van der Waals surface area contributed by atoms with Crippen LogP contribution in [-0.2, 0) is 6.54 Å². The van der Waals surface area contributed by atoms with Crippen LogP contribution in [-0.4, -0.2) is 25.9 Å². The van der Waals surface area contributed by atoms with Crippen LogP contribution in [0.1, 0.15) is 22.0 Å². The first-order chi connectivity index (χ1) is 12.3. The number of hydrogen-bond donors (Lipinski definition) is 2. The fourth-order valence-electron chi connectivity index (χ4n) is 2.86.